The Morgan fingerprint density at radius 2 is 1.81 bits per heavy atom. The van der Waals surface area contributed by atoms with Crippen molar-refractivity contribution in [1.82, 2.24) is 15.2 Å². The monoisotopic (exact) mass is 431 g/mol. The van der Waals surface area contributed by atoms with Crippen molar-refractivity contribution < 1.29 is 9.13 Å². The van der Waals surface area contributed by atoms with E-state index in [1.807, 2.05) is 19.2 Å². The lowest BCUT2D eigenvalue weighted by atomic mass is 9.95. The molecule has 5 rings (SSSR count). The number of methoxy groups -OCH3 is 1. The molecule has 4 aromatic rings. The van der Waals surface area contributed by atoms with E-state index < -0.39 is 0 Å². The molecule has 0 saturated carbocycles. The van der Waals surface area contributed by atoms with E-state index in [0.29, 0.717) is 5.75 Å². The number of nitrogens with two attached hydrogens (primary N) is 1. The van der Waals surface area contributed by atoms with Crippen molar-refractivity contribution in [1.29, 1.82) is 0 Å². The highest BCUT2D eigenvalue weighted by atomic mass is 19.1. The van der Waals surface area contributed by atoms with E-state index in [-0.39, 0.29) is 11.9 Å². The van der Waals surface area contributed by atoms with Crippen LogP contribution >= 0.6 is 0 Å². The van der Waals surface area contributed by atoms with E-state index in [1.165, 1.54) is 12.1 Å². The zero-order valence-corrected chi connectivity index (χ0v) is 18.2. The topological polar surface area (TPSA) is 80.1 Å². The van der Waals surface area contributed by atoms with Gasteiger partial charge in [0.2, 0.25) is 0 Å². The zero-order valence-electron chi connectivity index (χ0n) is 18.2. The van der Waals surface area contributed by atoms with Gasteiger partial charge in [0.1, 0.15) is 11.6 Å². The fourth-order valence-electron chi connectivity index (χ4n) is 4.49. The van der Waals surface area contributed by atoms with Crippen LogP contribution in [0.2, 0.25) is 0 Å². The molecular formula is C25H26FN5O. The first kappa shape index (κ1) is 20.5. The number of anilines is 1. The van der Waals surface area contributed by atoms with Crippen molar-refractivity contribution in [2.75, 3.05) is 25.1 Å². The molecule has 1 fully saturated rings. The molecule has 0 atom stereocenters. The molecule has 3 heterocycles. The summed E-state index contributed by atoms with van der Waals surface area (Å²) in [6, 6.07) is 11.2. The van der Waals surface area contributed by atoms with Gasteiger partial charge in [0.15, 0.2) is 0 Å². The van der Waals surface area contributed by atoms with Crippen LogP contribution in [-0.2, 0) is 0 Å². The summed E-state index contributed by atoms with van der Waals surface area (Å²) in [6.45, 7) is 3.68. The zero-order chi connectivity index (χ0) is 22.2. The third kappa shape index (κ3) is 3.69. The molecule has 32 heavy (non-hydrogen) atoms. The Labute approximate surface area is 186 Å². The summed E-state index contributed by atoms with van der Waals surface area (Å²) in [6.07, 6.45) is 5.50. The van der Waals surface area contributed by atoms with Crippen LogP contribution in [0.25, 0.3) is 33.2 Å². The van der Waals surface area contributed by atoms with Gasteiger partial charge in [-0.1, -0.05) is 12.1 Å². The first-order valence-electron chi connectivity index (χ1n) is 10.8. The molecular weight excluding hydrogens is 405 g/mol. The quantitative estimate of drug-likeness (QED) is 0.491. The van der Waals surface area contributed by atoms with Crippen LogP contribution in [0, 0.1) is 12.7 Å². The molecule has 0 spiro atoms. The van der Waals surface area contributed by atoms with Crippen molar-refractivity contribution in [2.24, 2.45) is 5.73 Å². The number of fused-ring (bicyclic) bond motifs is 1. The number of nitrogens with one attached hydrogen (secondary N) is 1. The van der Waals surface area contributed by atoms with Gasteiger partial charge in [-0.3, -0.25) is 10.1 Å². The number of aromatic amines is 1. The molecule has 2 aromatic heterocycles. The second kappa shape index (κ2) is 8.24. The second-order valence-corrected chi connectivity index (χ2v) is 8.37. The predicted molar refractivity (Wildman–Crippen MR) is 125 cm³/mol. The number of ether oxygens (including phenoxy) is 1. The minimum absolute atomic E-state index is 0.206. The average molecular weight is 432 g/mol. The molecule has 6 nitrogen and oxygen atoms in total. The third-order valence-electron chi connectivity index (χ3n) is 6.25. The van der Waals surface area contributed by atoms with Crippen molar-refractivity contribution in [3.8, 4) is 28.0 Å². The van der Waals surface area contributed by atoms with E-state index >= 15 is 0 Å². The molecule has 0 amide bonds. The van der Waals surface area contributed by atoms with E-state index in [9.17, 15) is 4.39 Å². The largest absolute Gasteiger partial charge is 0.497 e. The number of rotatable bonds is 4. The SMILES string of the molecule is COc1cc(F)cc(-c2cncc(-c3ccc4c(C)[nH]nc4c3)c2N2CCC(N)CC2)c1. The normalized spacial score (nSPS) is 14.8. The summed E-state index contributed by atoms with van der Waals surface area (Å²) in [5.41, 5.74) is 12.8. The lowest BCUT2D eigenvalue weighted by Crippen LogP contribution is -2.40. The fraction of sp³-hybridized carbons (Fsp3) is 0.280. The number of benzene rings is 2. The van der Waals surface area contributed by atoms with Gasteiger partial charge in [-0.15, -0.1) is 0 Å². The van der Waals surface area contributed by atoms with Crippen LogP contribution in [0.15, 0.2) is 48.8 Å². The molecule has 0 radical (unpaired) electrons. The number of halogens is 1. The Morgan fingerprint density at radius 1 is 1.06 bits per heavy atom. The predicted octanol–water partition coefficient (Wildman–Crippen LogP) is 4.68. The maximum absolute atomic E-state index is 14.4. The van der Waals surface area contributed by atoms with Crippen LogP contribution in [0.4, 0.5) is 10.1 Å². The minimum Gasteiger partial charge on any atom is -0.497 e. The molecule has 164 valence electrons. The van der Waals surface area contributed by atoms with Gasteiger partial charge in [-0.05, 0) is 49.1 Å². The fourth-order valence-corrected chi connectivity index (χ4v) is 4.49. The van der Waals surface area contributed by atoms with Crippen LogP contribution in [0.3, 0.4) is 0 Å². The summed E-state index contributed by atoms with van der Waals surface area (Å²) in [5, 5.41) is 8.57. The molecule has 0 bridgehead atoms. The van der Waals surface area contributed by atoms with Crippen molar-refractivity contribution in [2.45, 2.75) is 25.8 Å². The third-order valence-corrected chi connectivity index (χ3v) is 6.25. The summed E-state index contributed by atoms with van der Waals surface area (Å²) >= 11 is 0. The Kier molecular flexibility index (Phi) is 5.27. The maximum Gasteiger partial charge on any atom is 0.127 e. The van der Waals surface area contributed by atoms with Crippen LogP contribution in [0.1, 0.15) is 18.5 Å². The first-order chi connectivity index (χ1) is 15.5. The van der Waals surface area contributed by atoms with Gasteiger partial charge < -0.3 is 15.4 Å². The van der Waals surface area contributed by atoms with Crippen molar-refractivity contribution in [3.63, 3.8) is 0 Å². The number of hydrogen-bond acceptors (Lipinski definition) is 5. The van der Waals surface area contributed by atoms with Gasteiger partial charge in [0.25, 0.3) is 0 Å². The highest BCUT2D eigenvalue weighted by molar-refractivity contribution is 5.94. The average Bonchev–Trinajstić information content (AvgIpc) is 3.18. The van der Waals surface area contributed by atoms with Crippen molar-refractivity contribution >= 4 is 16.6 Å². The van der Waals surface area contributed by atoms with Gasteiger partial charge in [-0.25, -0.2) is 4.39 Å². The molecule has 0 unspecified atom stereocenters. The molecule has 0 aliphatic carbocycles. The number of piperidine rings is 1. The molecule has 2 aromatic carbocycles. The number of hydrogen-bond donors (Lipinski definition) is 2. The lowest BCUT2D eigenvalue weighted by Gasteiger charge is -2.35. The van der Waals surface area contributed by atoms with Gasteiger partial charge >= 0.3 is 0 Å². The van der Waals surface area contributed by atoms with E-state index in [1.54, 1.807) is 13.3 Å². The van der Waals surface area contributed by atoms with E-state index in [4.69, 9.17) is 10.5 Å². The maximum atomic E-state index is 14.4. The molecule has 7 heteroatoms. The van der Waals surface area contributed by atoms with Gasteiger partial charge in [-0.2, -0.15) is 5.10 Å². The van der Waals surface area contributed by atoms with E-state index in [2.05, 4.69) is 38.3 Å². The molecule has 1 aliphatic heterocycles. The Balaban J connectivity index is 1.71. The number of H-pyrrole nitrogens is 1. The highest BCUT2D eigenvalue weighted by Crippen LogP contribution is 2.41. The Morgan fingerprint density at radius 3 is 2.56 bits per heavy atom. The summed E-state index contributed by atoms with van der Waals surface area (Å²) in [7, 11) is 1.54. The summed E-state index contributed by atoms with van der Waals surface area (Å²) in [4.78, 5) is 6.88. The smallest absolute Gasteiger partial charge is 0.127 e. The summed E-state index contributed by atoms with van der Waals surface area (Å²) < 4.78 is 19.7. The Hall–Kier alpha value is -3.45. The minimum atomic E-state index is -0.343. The van der Waals surface area contributed by atoms with Crippen LogP contribution in [-0.4, -0.2) is 41.4 Å². The second-order valence-electron chi connectivity index (χ2n) is 8.37. The van der Waals surface area contributed by atoms with Crippen LogP contribution < -0.4 is 15.4 Å². The van der Waals surface area contributed by atoms with E-state index in [0.717, 1.165) is 70.5 Å². The lowest BCUT2D eigenvalue weighted by molar-refractivity contribution is 0.411. The molecule has 3 N–H and O–H groups in total. The number of aryl methyl sites for hydroxylation is 1. The molecule has 1 saturated heterocycles. The number of aromatic nitrogens is 3. The Bertz CT molecular complexity index is 1280. The molecule has 1 aliphatic rings. The number of nitrogens with zero attached hydrogens (tertiary/aromatic N) is 3. The standard InChI is InChI=1S/C25H26FN5O/c1-15-21-4-3-16(11-24(21)30-29-15)22-13-28-14-23(17-9-18(26)12-20(10-17)32-2)25(22)31-7-5-19(27)6-8-31/h3-4,9-14,19H,5-8,27H2,1-2H3,(H,29,30). The van der Waals surface area contributed by atoms with Crippen molar-refractivity contribution in [3.05, 3.63) is 60.3 Å². The first-order valence-corrected chi connectivity index (χ1v) is 10.8. The highest BCUT2D eigenvalue weighted by Gasteiger charge is 2.24. The van der Waals surface area contributed by atoms with Gasteiger partial charge in [0.05, 0.1) is 18.3 Å². The van der Waals surface area contributed by atoms with Gasteiger partial charge in [0, 0.05) is 59.8 Å². The summed E-state index contributed by atoms with van der Waals surface area (Å²) in [5.74, 6) is 0.134. The number of pyridine rings is 1. The van der Waals surface area contributed by atoms with Crippen LogP contribution in [0.5, 0.6) is 5.75 Å².